The topological polar surface area (TPSA) is 96.2 Å². The Kier molecular flexibility index (Phi) is 3.44. The highest BCUT2D eigenvalue weighted by Crippen LogP contribution is 2.35. The van der Waals surface area contributed by atoms with Gasteiger partial charge in [0.2, 0.25) is 0 Å². The van der Waals surface area contributed by atoms with Crippen LogP contribution < -0.4 is 10.6 Å². The van der Waals surface area contributed by atoms with Crippen molar-refractivity contribution in [3.63, 3.8) is 0 Å². The summed E-state index contributed by atoms with van der Waals surface area (Å²) in [6, 6.07) is 6.83. The van der Waals surface area contributed by atoms with Crippen LogP contribution in [0.5, 0.6) is 0 Å². The van der Waals surface area contributed by atoms with E-state index in [-0.39, 0.29) is 17.3 Å². The van der Waals surface area contributed by atoms with E-state index in [9.17, 15) is 10.1 Å². The van der Waals surface area contributed by atoms with Crippen LogP contribution in [-0.4, -0.2) is 24.1 Å². The van der Waals surface area contributed by atoms with Gasteiger partial charge in [-0.25, -0.2) is 0 Å². The average Bonchev–Trinajstić information content (AvgIpc) is 2.85. The molecule has 6 heteroatoms. The quantitative estimate of drug-likeness (QED) is 0.642. The molecule has 2 rings (SSSR count). The van der Waals surface area contributed by atoms with Crippen molar-refractivity contribution < 1.29 is 4.92 Å². The molecule has 94 valence electrons. The monoisotopic (exact) mass is 246 g/mol. The lowest BCUT2D eigenvalue weighted by atomic mass is 10.1. The number of hydrogen-bond acceptors (Lipinski definition) is 5. The lowest BCUT2D eigenvalue weighted by Crippen LogP contribution is -2.35. The zero-order valence-electron chi connectivity index (χ0n) is 9.87. The summed E-state index contributed by atoms with van der Waals surface area (Å²) in [7, 11) is 0. The first-order valence-electron chi connectivity index (χ1n) is 5.83. The highest BCUT2D eigenvalue weighted by atomic mass is 16.6. The van der Waals surface area contributed by atoms with E-state index in [1.807, 2.05) is 11.0 Å². The number of hydrogen-bond donors (Lipinski definition) is 1. The molecule has 0 amide bonds. The lowest BCUT2D eigenvalue weighted by molar-refractivity contribution is -0.384. The normalized spacial score (nSPS) is 18.7. The van der Waals surface area contributed by atoms with Crippen molar-refractivity contribution in [2.45, 2.75) is 18.9 Å². The SMILES string of the molecule is N#Cc1cccc(N2CCCC2CN)c1[N+](=O)[O-]. The molecule has 0 spiro atoms. The summed E-state index contributed by atoms with van der Waals surface area (Å²) < 4.78 is 0. The summed E-state index contributed by atoms with van der Waals surface area (Å²) in [6.07, 6.45) is 1.90. The minimum Gasteiger partial charge on any atom is -0.362 e. The third-order valence-electron chi connectivity index (χ3n) is 3.28. The molecule has 1 saturated heterocycles. The second kappa shape index (κ2) is 5.02. The lowest BCUT2D eigenvalue weighted by Gasteiger charge is -2.25. The van der Waals surface area contributed by atoms with Crippen molar-refractivity contribution in [1.29, 1.82) is 5.26 Å². The van der Waals surface area contributed by atoms with Crippen LogP contribution in [0.3, 0.4) is 0 Å². The molecular formula is C12H14N4O2. The Morgan fingerprint density at radius 1 is 1.61 bits per heavy atom. The van der Waals surface area contributed by atoms with Crippen molar-refractivity contribution in [1.82, 2.24) is 0 Å². The van der Waals surface area contributed by atoms with Gasteiger partial charge in [0.05, 0.1) is 4.92 Å². The third-order valence-corrected chi connectivity index (χ3v) is 3.28. The van der Waals surface area contributed by atoms with Gasteiger partial charge in [0, 0.05) is 19.1 Å². The summed E-state index contributed by atoms with van der Waals surface area (Å²) in [5.41, 5.74) is 6.17. The van der Waals surface area contributed by atoms with Gasteiger partial charge in [0.25, 0.3) is 0 Å². The Balaban J connectivity index is 2.51. The second-order valence-electron chi connectivity index (χ2n) is 4.27. The number of nitriles is 1. The van der Waals surface area contributed by atoms with Crippen LogP contribution in [-0.2, 0) is 0 Å². The molecule has 1 unspecified atom stereocenters. The van der Waals surface area contributed by atoms with Gasteiger partial charge in [0.15, 0.2) is 0 Å². The molecule has 1 heterocycles. The molecule has 18 heavy (non-hydrogen) atoms. The van der Waals surface area contributed by atoms with Gasteiger partial charge in [-0.2, -0.15) is 5.26 Å². The van der Waals surface area contributed by atoms with Crippen molar-refractivity contribution in [2.75, 3.05) is 18.0 Å². The van der Waals surface area contributed by atoms with Crippen LogP contribution in [0.1, 0.15) is 18.4 Å². The predicted molar refractivity (Wildman–Crippen MR) is 67.2 cm³/mol. The van der Waals surface area contributed by atoms with Crippen LogP contribution in [0.2, 0.25) is 0 Å². The van der Waals surface area contributed by atoms with E-state index in [0.29, 0.717) is 12.2 Å². The summed E-state index contributed by atoms with van der Waals surface area (Å²) >= 11 is 0. The number of anilines is 1. The summed E-state index contributed by atoms with van der Waals surface area (Å²) in [4.78, 5) is 12.6. The van der Waals surface area contributed by atoms with Crippen LogP contribution >= 0.6 is 0 Å². The van der Waals surface area contributed by atoms with Crippen LogP contribution in [0.15, 0.2) is 18.2 Å². The van der Waals surface area contributed by atoms with Crippen LogP contribution in [0, 0.1) is 21.4 Å². The summed E-state index contributed by atoms with van der Waals surface area (Å²) in [6.45, 7) is 1.21. The molecule has 1 fully saturated rings. The van der Waals surface area contributed by atoms with Crippen molar-refractivity contribution in [3.8, 4) is 6.07 Å². The minimum atomic E-state index is -0.486. The van der Waals surface area contributed by atoms with Crippen molar-refractivity contribution >= 4 is 11.4 Å². The fourth-order valence-corrected chi connectivity index (χ4v) is 2.44. The Morgan fingerprint density at radius 3 is 3.00 bits per heavy atom. The van der Waals surface area contributed by atoms with E-state index in [1.165, 1.54) is 6.07 Å². The fraction of sp³-hybridized carbons (Fsp3) is 0.417. The molecule has 1 aliphatic heterocycles. The number of nitrogens with two attached hydrogens (primary N) is 1. The zero-order valence-corrected chi connectivity index (χ0v) is 9.87. The third kappa shape index (κ3) is 2.00. The molecule has 2 N–H and O–H groups in total. The Labute approximate surface area is 105 Å². The molecule has 1 aliphatic rings. The van der Waals surface area contributed by atoms with E-state index in [0.717, 1.165) is 19.4 Å². The standard InChI is InChI=1S/C12H14N4O2/c13-7-9-3-1-5-11(12(9)16(17)18)15-6-2-4-10(15)8-14/h1,3,5,10H,2,4,6,8,14H2. The van der Waals surface area contributed by atoms with Crippen molar-refractivity contribution in [2.24, 2.45) is 5.73 Å². The Hall–Kier alpha value is -2.13. The smallest absolute Gasteiger partial charge is 0.310 e. The van der Waals surface area contributed by atoms with E-state index >= 15 is 0 Å². The number of nitro groups is 1. The Bertz CT molecular complexity index is 509. The molecule has 1 atom stereocenters. The molecule has 0 bridgehead atoms. The van der Waals surface area contributed by atoms with E-state index in [2.05, 4.69) is 0 Å². The van der Waals surface area contributed by atoms with E-state index < -0.39 is 4.92 Å². The molecule has 1 aromatic rings. The zero-order chi connectivity index (χ0) is 13.1. The van der Waals surface area contributed by atoms with E-state index in [1.54, 1.807) is 12.1 Å². The molecule has 0 saturated carbocycles. The first-order valence-corrected chi connectivity index (χ1v) is 5.83. The molecule has 0 aliphatic carbocycles. The van der Waals surface area contributed by atoms with Gasteiger partial charge in [-0.15, -0.1) is 0 Å². The minimum absolute atomic E-state index is 0.0974. The van der Waals surface area contributed by atoms with Gasteiger partial charge < -0.3 is 10.6 Å². The average molecular weight is 246 g/mol. The maximum absolute atomic E-state index is 11.1. The van der Waals surface area contributed by atoms with Crippen LogP contribution in [0.25, 0.3) is 0 Å². The van der Waals surface area contributed by atoms with E-state index in [4.69, 9.17) is 11.0 Å². The number of rotatable bonds is 3. The number of benzene rings is 1. The predicted octanol–water partition coefficient (Wildman–Crippen LogP) is 1.39. The molecule has 0 aromatic heterocycles. The first kappa shape index (κ1) is 12.3. The highest BCUT2D eigenvalue weighted by Gasteiger charge is 2.30. The molecule has 6 nitrogen and oxygen atoms in total. The van der Waals surface area contributed by atoms with Gasteiger partial charge in [-0.05, 0) is 25.0 Å². The van der Waals surface area contributed by atoms with Gasteiger partial charge in [0.1, 0.15) is 17.3 Å². The van der Waals surface area contributed by atoms with Gasteiger partial charge in [-0.3, -0.25) is 10.1 Å². The largest absolute Gasteiger partial charge is 0.362 e. The maximum Gasteiger partial charge on any atom is 0.310 e. The number of para-hydroxylation sites is 1. The molecule has 1 aromatic carbocycles. The van der Waals surface area contributed by atoms with Crippen molar-refractivity contribution in [3.05, 3.63) is 33.9 Å². The fourth-order valence-electron chi connectivity index (χ4n) is 2.44. The van der Waals surface area contributed by atoms with Gasteiger partial charge in [-0.1, -0.05) is 6.07 Å². The number of nitrogens with zero attached hydrogens (tertiary/aromatic N) is 3. The van der Waals surface area contributed by atoms with Crippen LogP contribution in [0.4, 0.5) is 11.4 Å². The molecule has 0 radical (unpaired) electrons. The van der Waals surface area contributed by atoms with Gasteiger partial charge >= 0.3 is 5.69 Å². The number of nitro benzene ring substituents is 1. The Morgan fingerprint density at radius 2 is 2.39 bits per heavy atom. The maximum atomic E-state index is 11.1. The molecular weight excluding hydrogens is 232 g/mol. The highest BCUT2D eigenvalue weighted by molar-refractivity contribution is 5.70. The second-order valence-corrected chi connectivity index (χ2v) is 4.27. The summed E-state index contributed by atoms with van der Waals surface area (Å²) in [5, 5.41) is 20.1. The summed E-state index contributed by atoms with van der Waals surface area (Å²) in [5.74, 6) is 0. The first-order chi connectivity index (χ1) is 8.69.